The molecule has 0 bridgehead atoms. The molecule has 1 N–H and O–H groups in total. The van der Waals surface area contributed by atoms with Gasteiger partial charge in [0.15, 0.2) is 0 Å². The van der Waals surface area contributed by atoms with Crippen LogP contribution in [0, 0.1) is 0 Å². The minimum absolute atomic E-state index is 0.00206. The van der Waals surface area contributed by atoms with Gasteiger partial charge in [0.05, 0.1) is 12.7 Å². The number of hydrogen-bond acceptors (Lipinski definition) is 3. The van der Waals surface area contributed by atoms with Crippen LogP contribution in [0.4, 0.5) is 0 Å². The quantitative estimate of drug-likeness (QED) is 0.732. The van der Waals surface area contributed by atoms with Crippen LogP contribution in [-0.4, -0.2) is 38.8 Å². The van der Waals surface area contributed by atoms with Gasteiger partial charge in [-0.25, -0.2) is 0 Å². The first-order chi connectivity index (χ1) is 7.54. The Labute approximate surface area is 95.0 Å². The summed E-state index contributed by atoms with van der Waals surface area (Å²) in [6, 6.07) is 0.0165. The van der Waals surface area contributed by atoms with Crippen molar-refractivity contribution in [1.82, 2.24) is 14.7 Å². The molecule has 0 spiro atoms. The molecule has 88 valence electrons. The van der Waals surface area contributed by atoms with Crippen molar-refractivity contribution in [2.24, 2.45) is 7.05 Å². The lowest BCUT2D eigenvalue weighted by Crippen LogP contribution is -2.32. The van der Waals surface area contributed by atoms with Crippen molar-refractivity contribution in [2.75, 3.05) is 13.1 Å². The first kappa shape index (κ1) is 12.4. The Morgan fingerprint density at radius 1 is 1.81 bits per heavy atom. The number of nitrogens with zero attached hydrogens (tertiary/aromatic N) is 3. The predicted molar refractivity (Wildman–Crippen MR) is 61.0 cm³/mol. The van der Waals surface area contributed by atoms with Crippen LogP contribution in [0.5, 0.6) is 0 Å². The molecule has 1 rings (SSSR count). The van der Waals surface area contributed by atoms with Crippen LogP contribution in [0.15, 0.2) is 25.0 Å². The fraction of sp³-hybridized carbons (Fsp3) is 0.455. The third-order valence-corrected chi connectivity index (χ3v) is 2.46. The third-order valence-electron chi connectivity index (χ3n) is 2.46. The summed E-state index contributed by atoms with van der Waals surface area (Å²) in [7, 11) is 1.84. The van der Waals surface area contributed by atoms with Crippen molar-refractivity contribution in [1.29, 1.82) is 0 Å². The predicted octanol–water partition coefficient (Wildman–Crippen LogP) is 1.05. The Morgan fingerprint density at radius 3 is 2.94 bits per heavy atom. The maximum atomic E-state index is 10.7. The van der Waals surface area contributed by atoms with Gasteiger partial charge in [-0.2, -0.15) is 5.10 Å². The molecule has 1 unspecified atom stereocenters. The van der Waals surface area contributed by atoms with Gasteiger partial charge in [0.1, 0.15) is 0 Å². The Kier molecular flexibility index (Phi) is 4.25. The summed E-state index contributed by atoms with van der Waals surface area (Å²) < 4.78 is 1.71. The molecule has 0 aliphatic heterocycles. The first-order valence-electron chi connectivity index (χ1n) is 5.10. The van der Waals surface area contributed by atoms with E-state index in [1.807, 2.05) is 25.1 Å². The molecule has 16 heavy (non-hydrogen) atoms. The monoisotopic (exact) mass is 223 g/mol. The van der Waals surface area contributed by atoms with Crippen LogP contribution in [0.1, 0.15) is 18.5 Å². The van der Waals surface area contributed by atoms with Crippen molar-refractivity contribution in [2.45, 2.75) is 13.0 Å². The van der Waals surface area contributed by atoms with Gasteiger partial charge in [-0.1, -0.05) is 6.08 Å². The second-order valence-electron chi connectivity index (χ2n) is 3.74. The molecule has 5 heteroatoms. The van der Waals surface area contributed by atoms with Crippen molar-refractivity contribution in [3.8, 4) is 0 Å². The molecule has 1 heterocycles. The molecule has 0 radical (unpaired) electrons. The smallest absolute Gasteiger partial charge is 0.317 e. The molecule has 1 aromatic heterocycles. The molecule has 1 aromatic rings. The summed E-state index contributed by atoms with van der Waals surface area (Å²) in [5, 5.41) is 12.9. The minimum Gasteiger partial charge on any atom is -0.480 e. The number of carboxylic acids is 1. The van der Waals surface area contributed by atoms with Gasteiger partial charge in [-0.15, -0.1) is 6.58 Å². The van der Waals surface area contributed by atoms with E-state index in [0.717, 1.165) is 5.56 Å². The highest BCUT2D eigenvalue weighted by atomic mass is 16.4. The second-order valence-corrected chi connectivity index (χ2v) is 3.74. The van der Waals surface area contributed by atoms with Crippen LogP contribution >= 0.6 is 0 Å². The van der Waals surface area contributed by atoms with Crippen LogP contribution in [0.3, 0.4) is 0 Å². The number of aromatic nitrogens is 2. The lowest BCUT2D eigenvalue weighted by atomic mass is 10.1. The van der Waals surface area contributed by atoms with Crippen LogP contribution < -0.4 is 0 Å². The summed E-state index contributed by atoms with van der Waals surface area (Å²) in [4.78, 5) is 12.6. The third kappa shape index (κ3) is 3.20. The maximum Gasteiger partial charge on any atom is 0.317 e. The fourth-order valence-electron chi connectivity index (χ4n) is 1.57. The molecule has 0 amide bonds. The van der Waals surface area contributed by atoms with Gasteiger partial charge in [0, 0.05) is 31.4 Å². The normalized spacial score (nSPS) is 12.7. The van der Waals surface area contributed by atoms with E-state index in [0.29, 0.717) is 6.54 Å². The highest BCUT2D eigenvalue weighted by Crippen LogP contribution is 2.18. The number of aryl methyl sites for hydroxylation is 1. The SMILES string of the molecule is C=CCN(CC(=O)O)C(C)c1cnn(C)c1. The Balaban J connectivity index is 2.77. The van der Waals surface area contributed by atoms with Gasteiger partial charge < -0.3 is 5.11 Å². The zero-order valence-electron chi connectivity index (χ0n) is 9.63. The van der Waals surface area contributed by atoms with Gasteiger partial charge in [-0.05, 0) is 6.92 Å². The van der Waals surface area contributed by atoms with Crippen molar-refractivity contribution < 1.29 is 9.90 Å². The van der Waals surface area contributed by atoms with Crippen molar-refractivity contribution >= 4 is 5.97 Å². The minimum atomic E-state index is -0.836. The van der Waals surface area contributed by atoms with Crippen molar-refractivity contribution in [3.05, 3.63) is 30.6 Å². The highest BCUT2D eigenvalue weighted by Gasteiger charge is 2.18. The summed E-state index contributed by atoms with van der Waals surface area (Å²) in [6.45, 7) is 6.14. The molecule has 0 aliphatic carbocycles. The molecule has 0 aliphatic rings. The first-order valence-corrected chi connectivity index (χ1v) is 5.10. The van der Waals surface area contributed by atoms with E-state index in [9.17, 15) is 4.79 Å². The van der Waals surface area contributed by atoms with Gasteiger partial charge in [0.2, 0.25) is 0 Å². The zero-order chi connectivity index (χ0) is 12.1. The van der Waals surface area contributed by atoms with Crippen LogP contribution in [0.2, 0.25) is 0 Å². The number of carboxylic acid groups (broad SMARTS) is 1. The second kappa shape index (κ2) is 5.46. The van der Waals surface area contributed by atoms with Gasteiger partial charge >= 0.3 is 5.97 Å². The molecule has 0 saturated heterocycles. The Hall–Kier alpha value is -1.62. The maximum absolute atomic E-state index is 10.7. The highest BCUT2D eigenvalue weighted by molar-refractivity contribution is 5.69. The van der Waals surface area contributed by atoms with Crippen LogP contribution in [0.25, 0.3) is 0 Å². The average molecular weight is 223 g/mol. The van der Waals surface area contributed by atoms with Gasteiger partial charge in [-0.3, -0.25) is 14.4 Å². The summed E-state index contributed by atoms with van der Waals surface area (Å²) in [5.74, 6) is -0.836. The standard InChI is InChI=1S/C11H17N3O2/c1-4-5-14(8-11(15)16)9(2)10-6-12-13(3)7-10/h4,6-7,9H,1,5,8H2,2-3H3,(H,15,16). The largest absolute Gasteiger partial charge is 0.480 e. The molecular weight excluding hydrogens is 206 g/mol. The summed E-state index contributed by atoms with van der Waals surface area (Å²) in [5.41, 5.74) is 1.01. The van der Waals surface area contributed by atoms with E-state index in [1.165, 1.54) is 0 Å². The Morgan fingerprint density at radius 2 is 2.50 bits per heavy atom. The summed E-state index contributed by atoms with van der Waals surface area (Å²) in [6.07, 6.45) is 5.35. The van der Waals surface area contributed by atoms with E-state index in [-0.39, 0.29) is 12.6 Å². The average Bonchev–Trinajstić information content (AvgIpc) is 2.62. The molecular formula is C11H17N3O2. The molecule has 1 atom stereocenters. The fourth-order valence-corrected chi connectivity index (χ4v) is 1.57. The van der Waals surface area contributed by atoms with Gasteiger partial charge in [0.25, 0.3) is 0 Å². The van der Waals surface area contributed by atoms with Crippen LogP contribution in [-0.2, 0) is 11.8 Å². The van der Waals surface area contributed by atoms with E-state index >= 15 is 0 Å². The molecule has 0 fully saturated rings. The lowest BCUT2D eigenvalue weighted by Gasteiger charge is -2.25. The number of aliphatic carboxylic acids is 1. The Bertz CT molecular complexity index is 373. The molecule has 0 aromatic carbocycles. The zero-order valence-corrected chi connectivity index (χ0v) is 9.63. The van der Waals surface area contributed by atoms with E-state index in [1.54, 1.807) is 17.0 Å². The van der Waals surface area contributed by atoms with E-state index < -0.39 is 5.97 Å². The number of rotatable bonds is 6. The topological polar surface area (TPSA) is 58.4 Å². The summed E-state index contributed by atoms with van der Waals surface area (Å²) >= 11 is 0. The number of carbonyl (C=O) groups is 1. The van der Waals surface area contributed by atoms with E-state index in [4.69, 9.17) is 5.11 Å². The molecule has 0 saturated carbocycles. The lowest BCUT2D eigenvalue weighted by molar-refractivity contribution is -0.138. The van der Waals surface area contributed by atoms with E-state index in [2.05, 4.69) is 11.7 Å². The molecule has 5 nitrogen and oxygen atoms in total. The van der Waals surface area contributed by atoms with Crippen molar-refractivity contribution in [3.63, 3.8) is 0 Å². The number of hydrogen-bond donors (Lipinski definition) is 1.